The van der Waals surface area contributed by atoms with Gasteiger partial charge in [0.05, 0.1) is 18.9 Å². The lowest BCUT2D eigenvalue weighted by Gasteiger charge is -2.21. The first-order chi connectivity index (χ1) is 13.3. The van der Waals surface area contributed by atoms with E-state index in [0.717, 1.165) is 11.3 Å². The predicted molar refractivity (Wildman–Crippen MR) is 107 cm³/mol. The molecular weight excluding hydrogens is 400 g/mol. The molecule has 0 unspecified atom stereocenters. The van der Waals surface area contributed by atoms with E-state index in [0.29, 0.717) is 5.76 Å². The number of furan rings is 1. The van der Waals surface area contributed by atoms with Crippen LogP contribution in [0.15, 0.2) is 70.3 Å². The van der Waals surface area contributed by atoms with Gasteiger partial charge in [-0.1, -0.05) is 23.7 Å². The summed E-state index contributed by atoms with van der Waals surface area (Å²) >= 11 is 5.79. The van der Waals surface area contributed by atoms with Gasteiger partial charge in [-0.15, -0.1) is 0 Å². The highest BCUT2D eigenvalue weighted by molar-refractivity contribution is 7.89. The van der Waals surface area contributed by atoms with Gasteiger partial charge in [0.25, 0.3) is 0 Å². The Kier molecular flexibility index (Phi) is 6.39. The molecule has 0 aliphatic heterocycles. The number of halogens is 1. The fraction of sp³-hybridized carbons (Fsp3) is 0.250. The van der Waals surface area contributed by atoms with Crippen LogP contribution < -0.4 is 4.74 Å². The molecule has 0 aliphatic rings. The van der Waals surface area contributed by atoms with Crippen molar-refractivity contribution in [2.45, 2.75) is 37.9 Å². The fourth-order valence-electron chi connectivity index (χ4n) is 2.62. The lowest BCUT2D eigenvalue weighted by Crippen LogP contribution is -2.30. The van der Waals surface area contributed by atoms with Crippen LogP contribution in [0.25, 0.3) is 0 Å². The van der Waals surface area contributed by atoms with Crippen molar-refractivity contribution in [1.29, 1.82) is 0 Å². The van der Waals surface area contributed by atoms with E-state index in [-0.39, 0.29) is 29.2 Å². The van der Waals surface area contributed by atoms with Crippen LogP contribution in [-0.2, 0) is 23.1 Å². The van der Waals surface area contributed by atoms with Crippen LogP contribution in [0.1, 0.15) is 25.2 Å². The first-order valence-corrected chi connectivity index (χ1v) is 10.6. The number of nitrogens with zero attached hydrogens (tertiary/aromatic N) is 2. The molecule has 3 aromatic rings. The molecule has 0 amide bonds. The number of ether oxygens (including phenoxy) is 1. The lowest BCUT2D eigenvalue weighted by molar-refractivity contribution is 0.242. The van der Waals surface area contributed by atoms with Crippen molar-refractivity contribution in [2.24, 2.45) is 0 Å². The number of hydrogen-bond acceptors (Lipinski definition) is 5. The van der Waals surface area contributed by atoms with Gasteiger partial charge in [0.15, 0.2) is 0 Å². The van der Waals surface area contributed by atoms with Crippen molar-refractivity contribution in [2.75, 3.05) is 0 Å². The van der Waals surface area contributed by atoms with Gasteiger partial charge in [-0.2, -0.15) is 4.31 Å². The second kappa shape index (κ2) is 8.77. The van der Waals surface area contributed by atoms with Crippen LogP contribution in [-0.4, -0.2) is 23.8 Å². The van der Waals surface area contributed by atoms with Crippen LogP contribution in [0.2, 0.25) is 5.15 Å². The highest BCUT2D eigenvalue weighted by Crippen LogP contribution is 2.23. The monoisotopic (exact) mass is 420 g/mol. The molecule has 0 saturated heterocycles. The molecule has 8 heteroatoms. The van der Waals surface area contributed by atoms with Crippen LogP contribution >= 0.6 is 11.6 Å². The van der Waals surface area contributed by atoms with Crippen LogP contribution in [0.4, 0.5) is 0 Å². The molecule has 148 valence electrons. The molecule has 6 nitrogen and oxygen atoms in total. The average molecular weight is 421 g/mol. The van der Waals surface area contributed by atoms with E-state index in [9.17, 15) is 8.42 Å². The summed E-state index contributed by atoms with van der Waals surface area (Å²) in [5.74, 6) is 1.28. The summed E-state index contributed by atoms with van der Waals surface area (Å²) in [5, 5.41) is 0.234. The molecule has 1 aromatic carbocycles. The molecule has 0 aliphatic carbocycles. The van der Waals surface area contributed by atoms with Crippen molar-refractivity contribution in [1.82, 2.24) is 9.29 Å². The minimum atomic E-state index is -3.80. The first-order valence-electron chi connectivity index (χ1n) is 8.74. The Morgan fingerprint density at radius 3 is 2.43 bits per heavy atom. The van der Waals surface area contributed by atoms with Crippen LogP contribution in [0.5, 0.6) is 5.75 Å². The van der Waals surface area contributed by atoms with Gasteiger partial charge in [-0.05, 0) is 55.8 Å². The maximum atomic E-state index is 13.2. The Morgan fingerprint density at radius 1 is 1.11 bits per heavy atom. The number of rotatable bonds is 8. The standard InChI is InChI=1S/C20H21ClN2O4S/c1-15(2)27-17-7-5-16(6-8-17)13-23(14-18-4-3-11-26-18)28(24,25)19-9-10-20(21)22-12-19/h3-12,15H,13-14H2,1-2H3. The summed E-state index contributed by atoms with van der Waals surface area (Å²) in [6, 6.07) is 13.7. The second-order valence-electron chi connectivity index (χ2n) is 6.48. The van der Waals surface area contributed by atoms with E-state index < -0.39 is 10.0 Å². The number of aromatic nitrogens is 1. The van der Waals surface area contributed by atoms with E-state index in [4.69, 9.17) is 20.8 Å². The molecular formula is C20H21ClN2O4S. The number of benzene rings is 1. The van der Waals surface area contributed by atoms with Crippen LogP contribution in [0, 0.1) is 0 Å². The van der Waals surface area contributed by atoms with E-state index in [1.165, 1.54) is 28.9 Å². The zero-order chi connectivity index (χ0) is 20.1. The molecule has 0 saturated carbocycles. The van der Waals surface area contributed by atoms with E-state index in [1.54, 1.807) is 12.1 Å². The third kappa shape index (κ3) is 5.13. The quantitative estimate of drug-likeness (QED) is 0.501. The Bertz CT molecular complexity index is 986. The maximum Gasteiger partial charge on any atom is 0.245 e. The molecule has 0 atom stereocenters. The van der Waals surface area contributed by atoms with E-state index >= 15 is 0 Å². The second-order valence-corrected chi connectivity index (χ2v) is 8.80. The number of pyridine rings is 1. The third-order valence-corrected chi connectivity index (χ3v) is 5.90. The normalized spacial score (nSPS) is 11.9. The molecule has 28 heavy (non-hydrogen) atoms. The molecule has 0 spiro atoms. The van der Waals surface area contributed by atoms with Gasteiger partial charge in [-0.25, -0.2) is 13.4 Å². The number of hydrogen-bond donors (Lipinski definition) is 0. The lowest BCUT2D eigenvalue weighted by atomic mass is 10.2. The van der Waals surface area contributed by atoms with Crippen molar-refractivity contribution < 1.29 is 17.6 Å². The third-order valence-electron chi connectivity index (χ3n) is 3.90. The maximum absolute atomic E-state index is 13.2. The Balaban J connectivity index is 1.87. The Labute approximate surface area is 169 Å². The topological polar surface area (TPSA) is 72.6 Å². The molecule has 2 aromatic heterocycles. The molecule has 0 fully saturated rings. The summed E-state index contributed by atoms with van der Waals surface area (Å²) in [6.45, 7) is 4.17. The Morgan fingerprint density at radius 2 is 1.86 bits per heavy atom. The highest BCUT2D eigenvalue weighted by atomic mass is 35.5. The first kappa shape index (κ1) is 20.4. The average Bonchev–Trinajstić information content (AvgIpc) is 3.16. The molecule has 0 N–H and O–H groups in total. The summed E-state index contributed by atoms with van der Waals surface area (Å²) in [6.07, 6.45) is 2.84. The minimum absolute atomic E-state index is 0.0686. The summed E-state index contributed by atoms with van der Waals surface area (Å²) in [7, 11) is -3.80. The SMILES string of the molecule is CC(C)Oc1ccc(CN(Cc2ccco2)S(=O)(=O)c2ccc(Cl)nc2)cc1. The fourth-order valence-corrected chi connectivity index (χ4v) is 4.07. The predicted octanol–water partition coefficient (Wildman–Crippen LogP) is 4.51. The Hall–Kier alpha value is -2.35. The van der Waals surface area contributed by atoms with Gasteiger partial charge in [0.1, 0.15) is 21.6 Å². The zero-order valence-electron chi connectivity index (χ0n) is 15.6. The number of sulfonamides is 1. The van der Waals surface area contributed by atoms with Crippen molar-refractivity contribution in [3.63, 3.8) is 0 Å². The summed E-state index contributed by atoms with van der Waals surface area (Å²) in [4.78, 5) is 3.96. The molecule has 3 rings (SSSR count). The van der Waals surface area contributed by atoms with Crippen molar-refractivity contribution in [3.05, 3.63) is 77.5 Å². The smallest absolute Gasteiger partial charge is 0.245 e. The largest absolute Gasteiger partial charge is 0.491 e. The van der Waals surface area contributed by atoms with Gasteiger partial charge < -0.3 is 9.15 Å². The van der Waals surface area contributed by atoms with Gasteiger partial charge >= 0.3 is 0 Å². The zero-order valence-corrected chi connectivity index (χ0v) is 17.2. The highest BCUT2D eigenvalue weighted by Gasteiger charge is 2.26. The van der Waals surface area contributed by atoms with Crippen LogP contribution in [0.3, 0.4) is 0 Å². The summed E-state index contributed by atoms with van der Waals surface area (Å²) in [5.41, 5.74) is 0.827. The van der Waals surface area contributed by atoms with E-state index in [2.05, 4.69) is 4.98 Å². The van der Waals surface area contributed by atoms with Crippen molar-refractivity contribution in [3.8, 4) is 5.75 Å². The molecule has 0 radical (unpaired) electrons. The van der Waals surface area contributed by atoms with Gasteiger partial charge in [0.2, 0.25) is 10.0 Å². The van der Waals surface area contributed by atoms with Crippen molar-refractivity contribution >= 4 is 21.6 Å². The van der Waals surface area contributed by atoms with E-state index in [1.807, 2.05) is 38.1 Å². The minimum Gasteiger partial charge on any atom is -0.491 e. The summed E-state index contributed by atoms with van der Waals surface area (Å²) < 4.78 is 38.7. The van der Waals surface area contributed by atoms with Gasteiger partial charge in [-0.3, -0.25) is 0 Å². The van der Waals surface area contributed by atoms with Gasteiger partial charge in [0, 0.05) is 12.7 Å². The molecule has 0 bridgehead atoms. The molecule has 2 heterocycles.